The molecule has 2 N–H and O–H groups in total. The number of thiocarbonyl (C=S) groups is 1. The summed E-state index contributed by atoms with van der Waals surface area (Å²) in [6, 6.07) is 13.2. The summed E-state index contributed by atoms with van der Waals surface area (Å²) < 4.78 is 16.4. The fraction of sp³-hybridized carbons (Fsp3) is 0.316. The van der Waals surface area contributed by atoms with Crippen LogP contribution in [-0.4, -0.2) is 25.9 Å². The predicted molar refractivity (Wildman–Crippen MR) is 106 cm³/mol. The number of benzene rings is 2. The van der Waals surface area contributed by atoms with Gasteiger partial charge in [0.05, 0.1) is 32.2 Å². The lowest BCUT2D eigenvalue weighted by atomic mass is 10.2. The van der Waals surface area contributed by atoms with Gasteiger partial charge in [0, 0.05) is 6.07 Å². The van der Waals surface area contributed by atoms with Crippen LogP contribution in [-0.2, 0) is 0 Å². The van der Waals surface area contributed by atoms with Gasteiger partial charge in [-0.15, -0.1) is 0 Å². The smallest absolute Gasteiger partial charge is 0.175 e. The van der Waals surface area contributed by atoms with E-state index in [9.17, 15) is 0 Å². The van der Waals surface area contributed by atoms with Gasteiger partial charge in [-0.1, -0.05) is 25.5 Å². The third-order valence-electron chi connectivity index (χ3n) is 3.55. The van der Waals surface area contributed by atoms with Crippen molar-refractivity contribution in [1.29, 1.82) is 0 Å². The molecule has 134 valence electrons. The normalized spacial score (nSPS) is 10.0. The molecule has 5 nitrogen and oxygen atoms in total. The first-order chi connectivity index (χ1) is 12.2. The highest BCUT2D eigenvalue weighted by Gasteiger charge is 2.09. The molecule has 0 saturated heterocycles. The molecule has 0 bridgehead atoms. The van der Waals surface area contributed by atoms with Crippen LogP contribution in [0.1, 0.15) is 19.8 Å². The molecule has 0 atom stereocenters. The molecular weight excluding hydrogens is 336 g/mol. The minimum absolute atomic E-state index is 0.443. The maximum absolute atomic E-state index is 5.82. The Labute approximate surface area is 154 Å². The lowest BCUT2D eigenvalue weighted by Gasteiger charge is -2.16. The molecule has 0 spiro atoms. The van der Waals surface area contributed by atoms with Crippen molar-refractivity contribution in [3.63, 3.8) is 0 Å². The number of rotatable bonds is 8. The van der Waals surface area contributed by atoms with Gasteiger partial charge in [0.25, 0.3) is 0 Å². The zero-order valence-corrected chi connectivity index (χ0v) is 15.6. The van der Waals surface area contributed by atoms with Crippen molar-refractivity contribution in [3.8, 4) is 17.2 Å². The van der Waals surface area contributed by atoms with Crippen molar-refractivity contribution in [1.82, 2.24) is 0 Å². The van der Waals surface area contributed by atoms with E-state index in [1.165, 1.54) is 0 Å². The third kappa shape index (κ3) is 5.53. The molecule has 2 aromatic carbocycles. The number of para-hydroxylation sites is 2. The number of anilines is 2. The second-order valence-electron chi connectivity index (χ2n) is 5.34. The van der Waals surface area contributed by atoms with Gasteiger partial charge in [-0.2, -0.15) is 0 Å². The second-order valence-corrected chi connectivity index (χ2v) is 5.75. The van der Waals surface area contributed by atoms with E-state index in [4.69, 9.17) is 26.4 Å². The van der Waals surface area contributed by atoms with Crippen molar-refractivity contribution in [2.75, 3.05) is 31.5 Å². The van der Waals surface area contributed by atoms with Gasteiger partial charge >= 0.3 is 0 Å². The van der Waals surface area contributed by atoms with E-state index in [0.29, 0.717) is 17.5 Å². The molecule has 0 aliphatic carbocycles. The van der Waals surface area contributed by atoms with Gasteiger partial charge in [0.2, 0.25) is 0 Å². The molecule has 0 radical (unpaired) electrons. The lowest BCUT2D eigenvalue weighted by Crippen LogP contribution is -2.20. The van der Waals surface area contributed by atoms with Crippen LogP contribution in [0.15, 0.2) is 42.5 Å². The Morgan fingerprint density at radius 3 is 2.44 bits per heavy atom. The summed E-state index contributed by atoms with van der Waals surface area (Å²) in [6.07, 6.45) is 2.10. The van der Waals surface area contributed by atoms with Gasteiger partial charge in [0.1, 0.15) is 17.2 Å². The van der Waals surface area contributed by atoms with E-state index in [-0.39, 0.29) is 0 Å². The molecular formula is C19H24N2O3S. The van der Waals surface area contributed by atoms with Gasteiger partial charge in [-0.3, -0.25) is 0 Å². The summed E-state index contributed by atoms with van der Waals surface area (Å²) in [5.41, 5.74) is 1.54. The van der Waals surface area contributed by atoms with Gasteiger partial charge in [-0.25, -0.2) is 0 Å². The number of methoxy groups -OCH3 is 2. The van der Waals surface area contributed by atoms with Crippen molar-refractivity contribution < 1.29 is 14.2 Å². The van der Waals surface area contributed by atoms with E-state index in [2.05, 4.69) is 17.6 Å². The predicted octanol–water partition coefficient (Wildman–Crippen LogP) is 4.69. The monoisotopic (exact) mass is 360 g/mol. The van der Waals surface area contributed by atoms with Gasteiger partial charge in [0.15, 0.2) is 5.11 Å². The highest BCUT2D eigenvalue weighted by molar-refractivity contribution is 7.80. The maximum Gasteiger partial charge on any atom is 0.175 e. The Morgan fingerprint density at radius 1 is 0.960 bits per heavy atom. The highest BCUT2D eigenvalue weighted by Crippen LogP contribution is 2.30. The number of hydrogen-bond acceptors (Lipinski definition) is 4. The van der Waals surface area contributed by atoms with E-state index in [0.717, 1.165) is 35.7 Å². The van der Waals surface area contributed by atoms with E-state index >= 15 is 0 Å². The van der Waals surface area contributed by atoms with Crippen LogP contribution in [0.3, 0.4) is 0 Å². The number of nitrogens with one attached hydrogen (secondary N) is 2. The maximum atomic E-state index is 5.82. The standard InChI is InChI=1S/C19H24N2O3S/c1-4-5-12-24-18-9-7-6-8-15(18)20-19(25)21-16-13-14(22-2)10-11-17(16)23-3/h6-11,13H,4-5,12H2,1-3H3,(H2,20,21,25). The largest absolute Gasteiger partial charge is 0.497 e. The summed E-state index contributed by atoms with van der Waals surface area (Å²) in [6.45, 7) is 2.81. The molecule has 0 heterocycles. The molecule has 0 aliphatic heterocycles. The van der Waals surface area contributed by atoms with E-state index < -0.39 is 0 Å². The molecule has 0 aliphatic rings. The second kappa shape index (κ2) is 9.74. The van der Waals surface area contributed by atoms with Crippen molar-refractivity contribution >= 4 is 28.7 Å². The minimum atomic E-state index is 0.443. The van der Waals surface area contributed by atoms with Crippen LogP contribution in [0.4, 0.5) is 11.4 Å². The fourth-order valence-electron chi connectivity index (χ4n) is 2.21. The summed E-state index contributed by atoms with van der Waals surface area (Å²) in [4.78, 5) is 0. The molecule has 6 heteroatoms. The molecule has 2 aromatic rings. The zero-order valence-electron chi connectivity index (χ0n) is 14.8. The topological polar surface area (TPSA) is 51.8 Å². The number of hydrogen-bond donors (Lipinski definition) is 2. The average molecular weight is 360 g/mol. The molecule has 2 rings (SSSR count). The Kier molecular flexibility index (Phi) is 7.35. The Bertz CT molecular complexity index is 707. The summed E-state index contributed by atoms with van der Waals surface area (Å²) in [7, 11) is 3.23. The van der Waals surface area contributed by atoms with Gasteiger partial charge < -0.3 is 24.8 Å². The number of ether oxygens (including phenoxy) is 3. The van der Waals surface area contributed by atoms with Crippen LogP contribution in [0.5, 0.6) is 17.2 Å². The Hall–Kier alpha value is -2.47. The van der Waals surface area contributed by atoms with Gasteiger partial charge in [-0.05, 0) is 42.9 Å². The molecule has 0 fully saturated rings. The minimum Gasteiger partial charge on any atom is -0.497 e. The number of unbranched alkanes of at least 4 members (excludes halogenated alkanes) is 1. The third-order valence-corrected chi connectivity index (χ3v) is 3.75. The SMILES string of the molecule is CCCCOc1ccccc1NC(=S)Nc1cc(OC)ccc1OC. The highest BCUT2D eigenvalue weighted by atomic mass is 32.1. The quantitative estimate of drug-likeness (QED) is 0.526. The first kappa shape index (κ1) is 18.9. The first-order valence-corrected chi connectivity index (χ1v) is 8.60. The molecule has 0 unspecified atom stereocenters. The Morgan fingerprint density at radius 2 is 1.72 bits per heavy atom. The van der Waals surface area contributed by atoms with Crippen LogP contribution in [0, 0.1) is 0 Å². The summed E-state index contributed by atoms with van der Waals surface area (Å²) in [5, 5.41) is 6.76. The first-order valence-electron chi connectivity index (χ1n) is 8.19. The lowest BCUT2D eigenvalue weighted by molar-refractivity contribution is 0.311. The zero-order chi connectivity index (χ0) is 18.1. The molecule has 0 saturated carbocycles. The van der Waals surface area contributed by atoms with Crippen LogP contribution >= 0.6 is 12.2 Å². The molecule has 0 amide bonds. The van der Waals surface area contributed by atoms with E-state index in [1.54, 1.807) is 14.2 Å². The molecule has 25 heavy (non-hydrogen) atoms. The van der Waals surface area contributed by atoms with Crippen LogP contribution < -0.4 is 24.8 Å². The van der Waals surface area contributed by atoms with Crippen molar-refractivity contribution in [2.45, 2.75) is 19.8 Å². The van der Waals surface area contributed by atoms with Crippen LogP contribution in [0.25, 0.3) is 0 Å². The van der Waals surface area contributed by atoms with E-state index in [1.807, 2.05) is 42.5 Å². The molecule has 0 aromatic heterocycles. The van der Waals surface area contributed by atoms with Crippen molar-refractivity contribution in [2.24, 2.45) is 0 Å². The summed E-state index contributed by atoms with van der Waals surface area (Å²) >= 11 is 5.43. The Balaban J connectivity index is 2.08. The fourth-order valence-corrected chi connectivity index (χ4v) is 2.43. The van der Waals surface area contributed by atoms with Crippen LogP contribution in [0.2, 0.25) is 0 Å². The average Bonchev–Trinajstić information content (AvgIpc) is 2.63. The summed E-state index contributed by atoms with van der Waals surface area (Å²) in [5.74, 6) is 2.17. The van der Waals surface area contributed by atoms with Crippen molar-refractivity contribution in [3.05, 3.63) is 42.5 Å².